The first-order chi connectivity index (χ1) is 11.5. The van der Waals surface area contributed by atoms with Crippen LogP contribution < -0.4 is 16.0 Å². The largest absolute Gasteiger partial charge is 0.459 e. The number of halogens is 2. The molecule has 1 aromatic carbocycles. The lowest BCUT2D eigenvalue weighted by Crippen LogP contribution is -2.41. The average Bonchev–Trinajstić information content (AvgIpc) is 3.05. The molecule has 6 nitrogen and oxygen atoms in total. The lowest BCUT2D eigenvalue weighted by atomic mass is 10.1. The zero-order chi connectivity index (χ0) is 17.5. The molecule has 1 heterocycles. The second kappa shape index (κ2) is 8.61. The summed E-state index contributed by atoms with van der Waals surface area (Å²) in [5, 5.41) is 9.07. The standard InChI is InChI=1S/C16H17Cl2N3O3/c1-10(12-5-4-11(17)9-13(12)18)21-16(23)20-7-6-19-15(22)14-3-2-8-24-14/h2-5,8-10H,6-7H2,1H3,(H,19,22)(H2,20,21,23)/t10-/m1/s1. The fourth-order valence-corrected chi connectivity index (χ4v) is 2.60. The van der Waals surface area contributed by atoms with E-state index in [-0.39, 0.29) is 36.8 Å². The molecular weight excluding hydrogens is 353 g/mol. The molecule has 3 N–H and O–H groups in total. The number of benzene rings is 1. The van der Waals surface area contributed by atoms with E-state index in [2.05, 4.69) is 16.0 Å². The number of carbonyl (C=O) groups excluding carboxylic acids is 2. The SMILES string of the molecule is C[C@@H](NC(=O)NCCNC(=O)c1ccco1)c1ccc(Cl)cc1Cl. The smallest absolute Gasteiger partial charge is 0.315 e. The van der Waals surface area contributed by atoms with Gasteiger partial charge in [-0.3, -0.25) is 4.79 Å². The fourth-order valence-electron chi connectivity index (χ4n) is 2.03. The van der Waals surface area contributed by atoms with Gasteiger partial charge in [-0.05, 0) is 36.8 Å². The number of urea groups is 1. The Bertz CT molecular complexity index is 705. The van der Waals surface area contributed by atoms with Crippen LogP contribution in [0.25, 0.3) is 0 Å². The van der Waals surface area contributed by atoms with Crippen molar-refractivity contribution in [3.8, 4) is 0 Å². The predicted molar refractivity (Wildman–Crippen MR) is 92.5 cm³/mol. The van der Waals surface area contributed by atoms with Crippen molar-refractivity contribution in [2.24, 2.45) is 0 Å². The molecule has 0 saturated carbocycles. The van der Waals surface area contributed by atoms with Crippen LogP contribution in [-0.4, -0.2) is 25.0 Å². The summed E-state index contributed by atoms with van der Waals surface area (Å²) in [4.78, 5) is 23.5. The summed E-state index contributed by atoms with van der Waals surface area (Å²) in [7, 11) is 0. The molecule has 0 bridgehead atoms. The van der Waals surface area contributed by atoms with E-state index in [1.54, 1.807) is 30.3 Å². The van der Waals surface area contributed by atoms with Gasteiger partial charge in [0.05, 0.1) is 12.3 Å². The summed E-state index contributed by atoms with van der Waals surface area (Å²) in [5.74, 6) is -0.103. The molecule has 0 saturated heterocycles. The predicted octanol–water partition coefficient (Wildman–Crippen LogP) is 3.38. The van der Waals surface area contributed by atoms with Crippen molar-refractivity contribution < 1.29 is 14.0 Å². The third-order valence-electron chi connectivity index (χ3n) is 3.22. The van der Waals surface area contributed by atoms with E-state index in [9.17, 15) is 9.59 Å². The minimum Gasteiger partial charge on any atom is -0.459 e. The summed E-state index contributed by atoms with van der Waals surface area (Å²) in [6.07, 6.45) is 1.42. The fraction of sp³-hybridized carbons (Fsp3) is 0.250. The maximum absolute atomic E-state index is 11.9. The van der Waals surface area contributed by atoms with Crippen LogP contribution in [-0.2, 0) is 0 Å². The molecule has 1 atom stereocenters. The highest BCUT2D eigenvalue weighted by Crippen LogP contribution is 2.25. The average molecular weight is 370 g/mol. The minimum atomic E-state index is -0.360. The molecular formula is C16H17Cl2N3O3. The summed E-state index contributed by atoms with van der Waals surface area (Å²) < 4.78 is 4.96. The van der Waals surface area contributed by atoms with E-state index in [1.807, 2.05) is 6.92 Å². The third kappa shape index (κ3) is 5.18. The number of furan rings is 1. The van der Waals surface area contributed by atoms with Gasteiger partial charge in [-0.2, -0.15) is 0 Å². The van der Waals surface area contributed by atoms with Gasteiger partial charge in [0.25, 0.3) is 5.91 Å². The van der Waals surface area contributed by atoms with Crippen molar-refractivity contribution in [1.29, 1.82) is 0 Å². The van der Waals surface area contributed by atoms with Crippen molar-refractivity contribution in [1.82, 2.24) is 16.0 Å². The number of amides is 3. The van der Waals surface area contributed by atoms with Gasteiger partial charge in [0.15, 0.2) is 5.76 Å². The number of rotatable bonds is 6. The van der Waals surface area contributed by atoms with Gasteiger partial charge in [0.1, 0.15) is 0 Å². The monoisotopic (exact) mass is 369 g/mol. The van der Waals surface area contributed by atoms with Crippen molar-refractivity contribution in [3.05, 3.63) is 58.0 Å². The minimum absolute atomic E-state index is 0.227. The quantitative estimate of drug-likeness (QED) is 0.682. The maximum atomic E-state index is 11.9. The van der Waals surface area contributed by atoms with Gasteiger partial charge in [-0.25, -0.2) is 4.79 Å². The summed E-state index contributed by atoms with van der Waals surface area (Å²) in [6, 6.07) is 7.64. The van der Waals surface area contributed by atoms with E-state index < -0.39 is 0 Å². The van der Waals surface area contributed by atoms with Crippen molar-refractivity contribution >= 4 is 35.1 Å². The molecule has 2 rings (SSSR count). The molecule has 0 aliphatic heterocycles. The summed E-state index contributed by atoms with van der Waals surface area (Å²) >= 11 is 12.0. The van der Waals surface area contributed by atoms with Crippen LogP contribution in [0.4, 0.5) is 4.79 Å². The Morgan fingerprint density at radius 1 is 1.17 bits per heavy atom. The van der Waals surface area contributed by atoms with Crippen LogP contribution in [0.2, 0.25) is 10.0 Å². The van der Waals surface area contributed by atoms with E-state index in [0.717, 1.165) is 5.56 Å². The first-order valence-corrected chi connectivity index (χ1v) is 8.04. The Morgan fingerprint density at radius 2 is 1.92 bits per heavy atom. The van der Waals surface area contributed by atoms with E-state index >= 15 is 0 Å². The molecule has 0 spiro atoms. The van der Waals surface area contributed by atoms with Gasteiger partial charge >= 0.3 is 6.03 Å². The molecule has 3 amide bonds. The third-order valence-corrected chi connectivity index (χ3v) is 3.78. The molecule has 128 valence electrons. The molecule has 1 aromatic heterocycles. The van der Waals surface area contributed by atoms with Gasteiger partial charge in [0, 0.05) is 23.1 Å². The van der Waals surface area contributed by atoms with Crippen molar-refractivity contribution in [3.63, 3.8) is 0 Å². The van der Waals surface area contributed by atoms with Gasteiger partial charge in [-0.1, -0.05) is 29.3 Å². The topological polar surface area (TPSA) is 83.4 Å². The highest BCUT2D eigenvalue weighted by molar-refractivity contribution is 6.35. The van der Waals surface area contributed by atoms with Crippen LogP contribution in [0.15, 0.2) is 41.0 Å². The zero-order valence-corrected chi connectivity index (χ0v) is 14.4. The molecule has 8 heteroatoms. The Morgan fingerprint density at radius 3 is 2.58 bits per heavy atom. The number of hydrogen-bond donors (Lipinski definition) is 3. The summed E-state index contributed by atoms with van der Waals surface area (Å²) in [6.45, 7) is 2.37. The Kier molecular flexibility index (Phi) is 6.52. The highest BCUT2D eigenvalue weighted by Gasteiger charge is 2.13. The molecule has 0 aliphatic carbocycles. The van der Waals surface area contributed by atoms with Crippen LogP contribution >= 0.6 is 23.2 Å². The number of hydrogen-bond acceptors (Lipinski definition) is 3. The van der Waals surface area contributed by atoms with Gasteiger partial charge in [0.2, 0.25) is 0 Å². The lowest BCUT2D eigenvalue weighted by Gasteiger charge is -2.16. The zero-order valence-electron chi connectivity index (χ0n) is 12.9. The van der Waals surface area contributed by atoms with Crippen LogP contribution in [0.3, 0.4) is 0 Å². The van der Waals surface area contributed by atoms with Gasteiger partial charge in [-0.15, -0.1) is 0 Å². The molecule has 2 aromatic rings. The maximum Gasteiger partial charge on any atom is 0.315 e. The number of nitrogens with one attached hydrogen (secondary N) is 3. The molecule has 0 radical (unpaired) electrons. The Labute approximate surface area is 149 Å². The Balaban J connectivity index is 1.72. The Hall–Kier alpha value is -2.18. The van der Waals surface area contributed by atoms with E-state index in [1.165, 1.54) is 6.26 Å². The second-order valence-corrected chi connectivity index (χ2v) is 5.86. The normalized spacial score (nSPS) is 11.6. The molecule has 0 unspecified atom stereocenters. The van der Waals surface area contributed by atoms with Crippen LogP contribution in [0, 0.1) is 0 Å². The van der Waals surface area contributed by atoms with Crippen LogP contribution in [0.5, 0.6) is 0 Å². The van der Waals surface area contributed by atoms with Gasteiger partial charge < -0.3 is 20.4 Å². The van der Waals surface area contributed by atoms with E-state index in [4.69, 9.17) is 27.6 Å². The summed E-state index contributed by atoms with van der Waals surface area (Å²) in [5.41, 5.74) is 0.766. The lowest BCUT2D eigenvalue weighted by molar-refractivity contribution is 0.0926. The van der Waals surface area contributed by atoms with Crippen LogP contribution in [0.1, 0.15) is 29.1 Å². The molecule has 0 fully saturated rings. The highest BCUT2D eigenvalue weighted by atomic mass is 35.5. The first-order valence-electron chi connectivity index (χ1n) is 7.28. The number of carbonyl (C=O) groups is 2. The second-order valence-electron chi connectivity index (χ2n) is 5.02. The molecule has 0 aliphatic rings. The molecule has 24 heavy (non-hydrogen) atoms. The first kappa shape index (κ1) is 18.2. The van der Waals surface area contributed by atoms with E-state index in [0.29, 0.717) is 10.0 Å². The van der Waals surface area contributed by atoms with Crippen molar-refractivity contribution in [2.75, 3.05) is 13.1 Å². The van der Waals surface area contributed by atoms with Crippen molar-refractivity contribution in [2.45, 2.75) is 13.0 Å².